The zero-order chi connectivity index (χ0) is 45.0. The Morgan fingerprint density at radius 2 is 0.750 bits per heavy atom. The molecule has 12 aromatic carbocycles. The minimum absolute atomic E-state index is 1.07. The number of nitrogens with zero attached hydrogens (tertiary/aromatic N) is 2. The number of aromatic nitrogens is 1. The summed E-state index contributed by atoms with van der Waals surface area (Å²) < 4.78 is 2.44. The predicted molar refractivity (Wildman–Crippen MR) is 290 cm³/mol. The van der Waals surface area contributed by atoms with Gasteiger partial charge in [-0.3, -0.25) is 0 Å². The molecule has 0 aliphatic carbocycles. The summed E-state index contributed by atoms with van der Waals surface area (Å²) in [7, 11) is 0. The summed E-state index contributed by atoms with van der Waals surface area (Å²) in [4.78, 5) is 2.41. The lowest BCUT2D eigenvalue weighted by Crippen LogP contribution is -2.10. The highest BCUT2D eigenvalue weighted by atomic mass is 15.1. The van der Waals surface area contributed by atoms with Crippen molar-refractivity contribution in [1.82, 2.24) is 4.57 Å². The third kappa shape index (κ3) is 6.73. The van der Waals surface area contributed by atoms with Crippen LogP contribution < -0.4 is 4.90 Å². The first-order chi connectivity index (χ1) is 33.7. The van der Waals surface area contributed by atoms with Crippen LogP contribution in [0.2, 0.25) is 0 Å². The number of anilines is 3. The van der Waals surface area contributed by atoms with Gasteiger partial charge in [0.25, 0.3) is 0 Å². The fourth-order valence-corrected chi connectivity index (χ4v) is 10.5. The molecule has 0 fully saturated rings. The first kappa shape index (κ1) is 39.4. The summed E-state index contributed by atoms with van der Waals surface area (Å²) in [6, 6.07) is 97.6. The molecular weight excluding hydrogens is 821 g/mol. The SMILES string of the molecule is c1ccc(-c2ccc(N(c3ccc(-c4cc5ccccc5c5ccccc45)cc3)c3ccc(-c4ccccc4-n4c5ccccc5c5ccccc54)c(-c4ccc5ccccc5c4)c3)cc2)cc1. The van der Waals surface area contributed by atoms with Gasteiger partial charge in [-0.1, -0.05) is 200 Å². The van der Waals surface area contributed by atoms with E-state index in [1.54, 1.807) is 0 Å². The van der Waals surface area contributed by atoms with E-state index in [0.29, 0.717) is 0 Å². The Bertz CT molecular complexity index is 3960. The molecule has 2 heteroatoms. The first-order valence-electron chi connectivity index (χ1n) is 23.4. The van der Waals surface area contributed by atoms with Gasteiger partial charge in [-0.25, -0.2) is 0 Å². The molecule has 0 amide bonds. The molecule has 0 N–H and O–H groups in total. The molecule has 0 aliphatic rings. The van der Waals surface area contributed by atoms with Crippen molar-refractivity contribution in [2.75, 3.05) is 4.90 Å². The van der Waals surface area contributed by atoms with Crippen molar-refractivity contribution in [3.8, 4) is 50.2 Å². The van der Waals surface area contributed by atoms with Gasteiger partial charge in [-0.05, 0) is 138 Å². The molecular formula is C66H44N2. The van der Waals surface area contributed by atoms with Crippen molar-refractivity contribution >= 4 is 71.2 Å². The molecule has 0 bridgehead atoms. The van der Waals surface area contributed by atoms with Gasteiger partial charge in [0.1, 0.15) is 0 Å². The zero-order valence-electron chi connectivity index (χ0n) is 37.3. The van der Waals surface area contributed by atoms with E-state index in [1.165, 1.54) is 87.5 Å². The van der Waals surface area contributed by atoms with E-state index in [2.05, 4.69) is 276 Å². The standard InChI is InChI=1S/C66H44N2/c1-2-16-45(17-3-1)47-32-36-52(37-33-47)67(53-38-34-48(35-39-53)62-43-50-20-6-7-21-55(50)56-22-8-9-23-57(56)62)54-40-41-58(63(44-54)51-31-30-46-18-4-5-19-49(46)42-51)59-24-10-13-27-64(59)68-65-28-14-11-25-60(65)61-26-12-15-29-66(61)68/h1-44H. The van der Waals surface area contributed by atoms with Crippen LogP contribution >= 0.6 is 0 Å². The van der Waals surface area contributed by atoms with Gasteiger partial charge in [0.2, 0.25) is 0 Å². The van der Waals surface area contributed by atoms with Crippen LogP contribution in [0.1, 0.15) is 0 Å². The first-order valence-corrected chi connectivity index (χ1v) is 23.4. The number of para-hydroxylation sites is 3. The quantitative estimate of drug-likeness (QED) is 0.138. The van der Waals surface area contributed by atoms with E-state index in [-0.39, 0.29) is 0 Å². The monoisotopic (exact) mass is 864 g/mol. The van der Waals surface area contributed by atoms with Crippen LogP contribution in [0.3, 0.4) is 0 Å². The van der Waals surface area contributed by atoms with E-state index < -0.39 is 0 Å². The highest BCUT2D eigenvalue weighted by Gasteiger charge is 2.21. The Morgan fingerprint density at radius 3 is 1.47 bits per heavy atom. The normalized spacial score (nSPS) is 11.5. The number of fused-ring (bicyclic) bond motifs is 7. The molecule has 0 atom stereocenters. The van der Waals surface area contributed by atoms with Crippen molar-refractivity contribution < 1.29 is 0 Å². The molecule has 0 radical (unpaired) electrons. The van der Waals surface area contributed by atoms with Crippen LogP contribution in [0.15, 0.2) is 267 Å². The van der Waals surface area contributed by atoms with Gasteiger partial charge in [0.15, 0.2) is 0 Å². The molecule has 68 heavy (non-hydrogen) atoms. The summed E-state index contributed by atoms with van der Waals surface area (Å²) in [6.45, 7) is 0. The zero-order valence-corrected chi connectivity index (χ0v) is 37.3. The Labute approximate surface area is 395 Å². The van der Waals surface area contributed by atoms with Gasteiger partial charge < -0.3 is 9.47 Å². The third-order valence-corrected chi connectivity index (χ3v) is 13.8. The van der Waals surface area contributed by atoms with Gasteiger partial charge >= 0.3 is 0 Å². The minimum atomic E-state index is 1.07. The van der Waals surface area contributed by atoms with E-state index in [0.717, 1.165) is 33.9 Å². The van der Waals surface area contributed by atoms with E-state index in [1.807, 2.05) is 0 Å². The lowest BCUT2D eigenvalue weighted by molar-refractivity contribution is 1.18. The van der Waals surface area contributed by atoms with Gasteiger partial charge in [-0.2, -0.15) is 0 Å². The fourth-order valence-electron chi connectivity index (χ4n) is 10.5. The van der Waals surface area contributed by atoms with Crippen LogP contribution in [-0.4, -0.2) is 4.57 Å². The summed E-state index contributed by atoms with van der Waals surface area (Å²) in [5.41, 5.74) is 16.2. The second-order valence-electron chi connectivity index (χ2n) is 17.7. The third-order valence-electron chi connectivity index (χ3n) is 13.8. The molecule has 0 saturated carbocycles. The van der Waals surface area contributed by atoms with Crippen molar-refractivity contribution in [2.24, 2.45) is 0 Å². The molecule has 2 nitrogen and oxygen atoms in total. The van der Waals surface area contributed by atoms with Crippen LogP contribution in [0, 0.1) is 0 Å². The highest BCUT2D eigenvalue weighted by molar-refractivity contribution is 6.14. The van der Waals surface area contributed by atoms with Gasteiger partial charge in [-0.15, -0.1) is 0 Å². The second kappa shape index (κ2) is 16.5. The van der Waals surface area contributed by atoms with Crippen molar-refractivity contribution in [3.63, 3.8) is 0 Å². The number of hydrogen-bond donors (Lipinski definition) is 0. The highest BCUT2D eigenvalue weighted by Crippen LogP contribution is 2.45. The van der Waals surface area contributed by atoms with Gasteiger partial charge in [0, 0.05) is 33.4 Å². The number of hydrogen-bond acceptors (Lipinski definition) is 1. The molecule has 1 aromatic heterocycles. The Balaban J connectivity index is 1.01. The predicted octanol–water partition coefficient (Wildman–Crippen LogP) is 18.4. The maximum absolute atomic E-state index is 2.44. The number of rotatable bonds is 8. The smallest absolute Gasteiger partial charge is 0.0541 e. The van der Waals surface area contributed by atoms with Crippen molar-refractivity contribution in [2.45, 2.75) is 0 Å². The number of benzene rings is 12. The largest absolute Gasteiger partial charge is 0.310 e. The molecule has 13 rings (SSSR count). The summed E-state index contributed by atoms with van der Waals surface area (Å²) >= 11 is 0. The maximum Gasteiger partial charge on any atom is 0.0541 e. The Hall–Kier alpha value is -8.98. The fraction of sp³-hybridized carbons (Fsp3) is 0. The average Bonchev–Trinajstić information content (AvgIpc) is 3.75. The topological polar surface area (TPSA) is 8.17 Å². The second-order valence-corrected chi connectivity index (χ2v) is 17.7. The lowest BCUT2D eigenvalue weighted by Gasteiger charge is -2.27. The summed E-state index contributed by atoms with van der Waals surface area (Å²) in [5.74, 6) is 0. The Kier molecular flexibility index (Phi) is 9.54. The van der Waals surface area contributed by atoms with Crippen LogP contribution in [-0.2, 0) is 0 Å². The average molecular weight is 865 g/mol. The molecule has 0 aliphatic heterocycles. The molecule has 0 spiro atoms. The summed E-state index contributed by atoms with van der Waals surface area (Å²) in [6.07, 6.45) is 0. The van der Waals surface area contributed by atoms with Crippen molar-refractivity contribution in [1.29, 1.82) is 0 Å². The van der Waals surface area contributed by atoms with E-state index >= 15 is 0 Å². The van der Waals surface area contributed by atoms with Crippen molar-refractivity contribution in [3.05, 3.63) is 267 Å². The van der Waals surface area contributed by atoms with Crippen LogP contribution in [0.5, 0.6) is 0 Å². The maximum atomic E-state index is 2.44. The molecule has 0 saturated heterocycles. The molecule has 1 heterocycles. The lowest BCUT2D eigenvalue weighted by atomic mass is 9.91. The van der Waals surface area contributed by atoms with Crippen LogP contribution in [0.4, 0.5) is 17.1 Å². The molecule has 318 valence electrons. The molecule has 0 unspecified atom stereocenters. The van der Waals surface area contributed by atoms with E-state index in [9.17, 15) is 0 Å². The molecule has 13 aromatic rings. The minimum Gasteiger partial charge on any atom is -0.310 e. The van der Waals surface area contributed by atoms with Gasteiger partial charge in [0.05, 0.1) is 16.7 Å². The summed E-state index contributed by atoms with van der Waals surface area (Å²) in [5, 5.41) is 9.97. The van der Waals surface area contributed by atoms with Crippen LogP contribution in [0.25, 0.3) is 104 Å². The van der Waals surface area contributed by atoms with E-state index in [4.69, 9.17) is 0 Å². The Morgan fingerprint density at radius 1 is 0.235 bits per heavy atom.